The lowest BCUT2D eigenvalue weighted by Gasteiger charge is -2.14. The van der Waals surface area contributed by atoms with Gasteiger partial charge in [0.25, 0.3) is 0 Å². The number of hydrogen-bond donors (Lipinski definition) is 2. The lowest BCUT2D eigenvalue weighted by molar-refractivity contribution is 0.100. The molecule has 8 heteroatoms. The van der Waals surface area contributed by atoms with Crippen molar-refractivity contribution in [3.05, 3.63) is 65.2 Å². The molecule has 7 nitrogen and oxygen atoms in total. The van der Waals surface area contributed by atoms with E-state index in [2.05, 4.69) is 26.7 Å². The molecule has 150 valence electrons. The van der Waals surface area contributed by atoms with Crippen molar-refractivity contribution in [2.24, 2.45) is 5.73 Å². The third kappa shape index (κ3) is 3.15. The van der Waals surface area contributed by atoms with Gasteiger partial charge in [0, 0.05) is 31.1 Å². The first-order valence-electron chi connectivity index (χ1n) is 9.70. The molecule has 0 aliphatic carbocycles. The second-order valence-corrected chi connectivity index (χ2v) is 8.06. The lowest BCUT2D eigenvalue weighted by atomic mass is 10.1. The summed E-state index contributed by atoms with van der Waals surface area (Å²) < 4.78 is 5.34. The van der Waals surface area contributed by atoms with Gasteiger partial charge in [-0.25, -0.2) is 9.97 Å². The summed E-state index contributed by atoms with van der Waals surface area (Å²) >= 11 is 1.25. The summed E-state index contributed by atoms with van der Waals surface area (Å²) in [5, 5.41) is 4.32. The Labute approximate surface area is 177 Å². The maximum atomic E-state index is 11.8. The first-order chi connectivity index (χ1) is 14.6. The number of primary amides is 1. The van der Waals surface area contributed by atoms with Crippen LogP contribution in [0.3, 0.4) is 0 Å². The van der Waals surface area contributed by atoms with Crippen LogP contribution in [0.1, 0.15) is 21.5 Å². The van der Waals surface area contributed by atoms with Crippen molar-refractivity contribution in [2.75, 3.05) is 23.8 Å². The molecule has 0 atom stereocenters. The highest BCUT2D eigenvalue weighted by Gasteiger charge is 2.25. The Bertz CT molecular complexity index is 1250. The van der Waals surface area contributed by atoms with Gasteiger partial charge in [0.1, 0.15) is 17.3 Å². The summed E-state index contributed by atoms with van der Waals surface area (Å²) in [5.74, 6) is 1.83. The van der Waals surface area contributed by atoms with Crippen molar-refractivity contribution < 1.29 is 4.79 Å². The summed E-state index contributed by atoms with van der Waals surface area (Å²) in [4.78, 5) is 23.6. The fourth-order valence-electron chi connectivity index (χ4n) is 3.75. The van der Waals surface area contributed by atoms with Crippen molar-refractivity contribution in [2.45, 2.75) is 13.0 Å². The lowest BCUT2D eigenvalue weighted by Crippen LogP contribution is -2.14. The van der Waals surface area contributed by atoms with E-state index >= 15 is 0 Å². The van der Waals surface area contributed by atoms with Gasteiger partial charge in [-0.1, -0.05) is 42.5 Å². The second kappa shape index (κ2) is 7.38. The number of carbonyl (C=O) groups excluding carboxylic acids is 1. The highest BCUT2D eigenvalue weighted by atomic mass is 32.1. The van der Waals surface area contributed by atoms with E-state index in [1.165, 1.54) is 17.1 Å². The van der Waals surface area contributed by atoms with E-state index in [0.29, 0.717) is 23.6 Å². The zero-order chi connectivity index (χ0) is 20.7. The standard InChI is InChI=1S/C22H20N6OS/c1-28-11-10-16-20(24-12-13-6-3-2-4-7-13)25-21(26-22(16)28)17-14-8-5-9-15(19(23)29)18(14)30-27-17/h2-9H,10-12H2,1H3,(H2,23,29)(H,24,25,26). The molecule has 0 spiro atoms. The number of rotatable bonds is 5. The minimum absolute atomic E-state index is 0.462. The van der Waals surface area contributed by atoms with E-state index < -0.39 is 5.91 Å². The van der Waals surface area contributed by atoms with Crippen LogP contribution in [0.15, 0.2) is 48.5 Å². The highest BCUT2D eigenvalue weighted by molar-refractivity contribution is 7.14. The van der Waals surface area contributed by atoms with Gasteiger partial charge in [0.2, 0.25) is 5.91 Å². The van der Waals surface area contributed by atoms with Crippen LogP contribution >= 0.6 is 11.5 Å². The normalized spacial score (nSPS) is 12.9. The summed E-state index contributed by atoms with van der Waals surface area (Å²) in [5.41, 5.74) is 8.97. The Morgan fingerprint density at radius 1 is 1.17 bits per heavy atom. The van der Waals surface area contributed by atoms with Gasteiger partial charge in [-0.15, -0.1) is 0 Å². The van der Waals surface area contributed by atoms with E-state index in [1.54, 1.807) is 6.07 Å². The molecule has 1 aliphatic rings. The number of carbonyl (C=O) groups is 1. The summed E-state index contributed by atoms with van der Waals surface area (Å²) in [7, 11) is 2.04. The fraction of sp³-hybridized carbons (Fsp3) is 0.182. The van der Waals surface area contributed by atoms with Gasteiger partial charge >= 0.3 is 0 Å². The summed E-state index contributed by atoms with van der Waals surface area (Å²) in [6.45, 7) is 1.58. The zero-order valence-electron chi connectivity index (χ0n) is 16.4. The molecule has 0 saturated carbocycles. The van der Waals surface area contributed by atoms with Gasteiger partial charge < -0.3 is 16.0 Å². The van der Waals surface area contributed by atoms with Gasteiger partial charge in [-0.3, -0.25) is 4.79 Å². The number of nitrogens with zero attached hydrogens (tertiary/aromatic N) is 4. The molecule has 1 aliphatic heterocycles. The third-order valence-corrected chi connectivity index (χ3v) is 6.22. The smallest absolute Gasteiger partial charge is 0.250 e. The van der Waals surface area contributed by atoms with Crippen LogP contribution in [0.25, 0.3) is 21.6 Å². The molecule has 3 heterocycles. The van der Waals surface area contributed by atoms with Crippen molar-refractivity contribution in [3.8, 4) is 11.5 Å². The number of hydrogen-bond acceptors (Lipinski definition) is 7. The van der Waals surface area contributed by atoms with Crippen molar-refractivity contribution in [1.82, 2.24) is 14.3 Å². The average Bonchev–Trinajstić information content (AvgIpc) is 3.36. The first-order valence-corrected chi connectivity index (χ1v) is 10.5. The van der Waals surface area contributed by atoms with Gasteiger partial charge in [-0.2, -0.15) is 4.37 Å². The molecule has 0 fully saturated rings. The number of nitrogens with one attached hydrogen (secondary N) is 1. The van der Waals surface area contributed by atoms with E-state index in [4.69, 9.17) is 15.7 Å². The number of anilines is 2. The molecule has 4 aromatic rings. The molecular formula is C22H20N6OS. The number of likely N-dealkylation sites (N-methyl/N-ethyl adjacent to an activating group) is 1. The fourth-order valence-corrected chi connectivity index (χ4v) is 4.65. The van der Waals surface area contributed by atoms with Crippen LogP contribution in [0.2, 0.25) is 0 Å². The van der Waals surface area contributed by atoms with E-state index in [0.717, 1.165) is 40.3 Å². The summed E-state index contributed by atoms with van der Waals surface area (Å²) in [6.07, 6.45) is 0.896. The monoisotopic (exact) mass is 416 g/mol. The van der Waals surface area contributed by atoms with Crippen LogP contribution in [-0.4, -0.2) is 33.8 Å². The summed E-state index contributed by atoms with van der Waals surface area (Å²) in [6, 6.07) is 15.7. The second-order valence-electron chi connectivity index (χ2n) is 7.29. The van der Waals surface area contributed by atoms with Gasteiger partial charge in [0.15, 0.2) is 5.82 Å². The zero-order valence-corrected chi connectivity index (χ0v) is 17.2. The molecule has 2 aromatic carbocycles. The maximum absolute atomic E-state index is 11.8. The third-order valence-electron chi connectivity index (χ3n) is 5.32. The number of aromatic nitrogens is 3. The Morgan fingerprint density at radius 3 is 2.80 bits per heavy atom. The number of benzene rings is 2. The molecule has 0 bridgehead atoms. The number of amides is 1. The number of nitrogens with two attached hydrogens (primary N) is 1. The minimum Gasteiger partial charge on any atom is -0.366 e. The predicted molar refractivity (Wildman–Crippen MR) is 120 cm³/mol. The van der Waals surface area contributed by atoms with Crippen LogP contribution < -0.4 is 16.0 Å². The predicted octanol–water partition coefficient (Wildman–Crippen LogP) is 3.46. The molecule has 1 amide bonds. The quantitative estimate of drug-likeness (QED) is 0.517. The van der Waals surface area contributed by atoms with E-state index in [1.807, 2.05) is 37.4 Å². The van der Waals surface area contributed by atoms with Crippen LogP contribution in [-0.2, 0) is 13.0 Å². The van der Waals surface area contributed by atoms with Crippen molar-refractivity contribution >= 4 is 39.2 Å². The molecule has 5 rings (SSSR count). The van der Waals surface area contributed by atoms with Crippen molar-refractivity contribution in [3.63, 3.8) is 0 Å². The topological polar surface area (TPSA) is 97.0 Å². The van der Waals surface area contributed by atoms with E-state index in [-0.39, 0.29) is 0 Å². The first kappa shape index (κ1) is 18.5. The molecular weight excluding hydrogens is 396 g/mol. The molecule has 2 aromatic heterocycles. The van der Waals surface area contributed by atoms with Gasteiger partial charge in [-0.05, 0) is 29.6 Å². The average molecular weight is 417 g/mol. The maximum Gasteiger partial charge on any atom is 0.250 e. The van der Waals surface area contributed by atoms with Crippen LogP contribution in [0.5, 0.6) is 0 Å². The largest absolute Gasteiger partial charge is 0.366 e. The molecule has 30 heavy (non-hydrogen) atoms. The molecule has 3 N–H and O–H groups in total. The van der Waals surface area contributed by atoms with Crippen molar-refractivity contribution in [1.29, 1.82) is 0 Å². The Hall–Kier alpha value is -3.52. The SMILES string of the molecule is CN1CCc2c(NCc3ccccc3)nc(-c3nsc4c(C(N)=O)cccc34)nc21. The molecule has 0 radical (unpaired) electrons. The number of fused-ring (bicyclic) bond motifs is 2. The van der Waals surface area contributed by atoms with Crippen LogP contribution in [0, 0.1) is 0 Å². The highest BCUT2D eigenvalue weighted by Crippen LogP contribution is 2.36. The Balaban J connectivity index is 1.60. The van der Waals surface area contributed by atoms with E-state index in [9.17, 15) is 4.79 Å². The van der Waals surface area contributed by atoms with Crippen LogP contribution in [0.4, 0.5) is 11.6 Å². The van der Waals surface area contributed by atoms with Gasteiger partial charge in [0.05, 0.1) is 10.3 Å². The minimum atomic E-state index is -0.462. The molecule has 0 saturated heterocycles. The Morgan fingerprint density at radius 2 is 2.00 bits per heavy atom. The molecule has 0 unspecified atom stereocenters. The Kier molecular flexibility index (Phi) is 4.55.